The van der Waals surface area contributed by atoms with E-state index in [0.717, 1.165) is 44.7 Å². The van der Waals surface area contributed by atoms with Gasteiger partial charge in [-0.1, -0.05) is 48.7 Å². The first-order valence-corrected chi connectivity index (χ1v) is 9.78. The average molecular weight is 365 g/mol. The van der Waals surface area contributed by atoms with Crippen molar-refractivity contribution >= 4 is 0 Å². The highest BCUT2D eigenvalue weighted by Gasteiger charge is 1.95. The van der Waals surface area contributed by atoms with Crippen molar-refractivity contribution in [2.45, 2.75) is 45.6 Å². The Morgan fingerprint density at radius 1 is 0.692 bits per heavy atom. The van der Waals surface area contributed by atoms with Crippen LogP contribution in [0.15, 0.2) is 42.5 Å². The fourth-order valence-corrected chi connectivity index (χ4v) is 2.31. The van der Waals surface area contributed by atoms with Crippen LogP contribution >= 0.6 is 0 Å². The maximum Gasteiger partial charge on any atom is 0.0716 e. The summed E-state index contributed by atoms with van der Waals surface area (Å²) in [5.41, 5.74) is 2.39. The molecule has 0 aliphatic heterocycles. The summed E-state index contributed by atoms with van der Waals surface area (Å²) in [5.74, 6) is 0. The van der Waals surface area contributed by atoms with E-state index in [4.69, 9.17) is 18.9 Å². The molecule has 1 rings (SSSR count). The summed E-state index contributed by atoms with van der Waals surface area (Å²) in [7, 11) is 0. The lowest BCUT2D eigenvalue weighted by atomic mass is 10.2. The standard InChI is InChI=1S/C22H36O4/c1-21(2)12-15-24-17-19-25-18-16-23-13-8-3-4-9-14-26-20-22-10-6-5-7-11-22/h5-7,10-11H,1,3-4,8-9,12-20H2,2H3. The minimum Gasteiger partial charge on any atom is -0.379 e. The van der Waals surface area contributed by atoms with Gasteiger partial charge in [0.1, 0.15) is 0 Å². The molecule has 0 aromatic heterocycles. The van der Waals surface area contributed by atoms with E-state index in [1.807, 2.05) is 25.1 Å². The van der Waals surface area contributed by atoms with Crippen molar-refractivity contribution in [2.24, 2.45) is 0 Å². The highest BCUT2D eigenvalue weighted by molar-refractivity contribution is 5.13. The Kier molecular flexibility index (Phi) is 15.1. The number of ether oxygens (including phenoxy) is 4. The van der Waals surface area contributed by atoms with E-state index < -0.39 is 0 Å². The summed E-state index contributed by atoms with van der Waals surface area (Å²) in [6.07, 6.45) is 5.51. The van der Waals surface area contributed by atoms with E-state index in [1.165, 1.54) is 18.4 Å². The molecule has 0 amide bonds. The lowest BCUT2D eigenvalue weighted by Crippen LogP contribution is -2.10. The molecule has 0 saturated heterocycles. The average Bonchev–Trinajstić information content (AvgIpc) is 2.65. The summed E-state index contributed by atoms with van der Waals surface area (Å²) >= 11 is 0. The second kappa shape index (κ2) is 17.2. The summed E-state index contributed by atoms with van der Waals surface area (Å²) in [6.45, 7) is 11.5. The molecule has 4 heteroatoms. The van der Waals surface area contributed by atoms with Crippen molar-refractivity contribution in [2.75, 3.05) is 46.2 Å². The quantitative estimate of drug-likeness (QED) is 0.277. The fourth-order valence-electron chi connectivity index (χ4n) is 2.31. The van der Waals surface area contributed by atoms with Crippen molar-refractivity contribution in [3.8, 4) is 0 Å². The number of hydrogen-bond donors (Lipinski definition) is 0. The minimum absolute atomic E-state index is 0.628. The van der Waals surface area contributed by atoms with Crippen molar-refractivity contribution < 1.29 is 18.9 Å². The van der Waals surface area contributed by atoms with Gasteiger partial charge in [-0.15, -0.1) is 6.58 Å². The van der Waals surface area contributed by atoms with E-state index in [0.29, 0.717) is 33.0 Å². The summed E-state index contributed by atoms with van der Waals surface area (Å²) in [4.78, 5) is 0. The normalized spacial score (nSPS) is 11.0. The van der Waals surface area contributed by atoms with Crippen molar-refractivity contribution in [1.29, 1.82) is 0 Å². The molecule has 0 unspecified atom stereocenters. The van der Waals surface area contributed by atoms with Crippen LogP contribution < -0.4 is 0 Å². The van der Waals surface area contributed by atoms with Crippen LogP contribution in [0.1, 0.15) is 44.6 Å². The van der Waals surface area contributed by atoms with Crippen LogP contribution in [0.2, 0.25) is 0 Å². The largest absolute Gasteiger partial charge is 0.379 e. The maximum atomic E-state index is 5.68. The van der Waals surface area contributed by atoms with E-state index in [9.17, 15) is 0 Å². The van der Waals surface area contributed by atoms with Gasteiger partial charge in [0, 0.05) is 13.2 Å². The molecule has 0 atom stereocenters. The predicted molar refractivity (Wildman–Crippen MR) is 106 cm³/mol. The molecule has 0 fully saturated rings. The first-order chi connectivity index (χ1) is 12.8. The molecule has 0 spiro atoms. The van der Waals surface area contributed by atoms with Crippen LogP contribution in [0.3, 0.4) is 0 Å². The molecule has 0 bridgehead atoms. The molecule has 1 aromatic rings. The molecule has 26 heavy (non-hydrogen) atoms. The van der Waals surface area contributed by atoms with Gasteiger partial charge in [-0.3, -0.25) is 0 Å². The molecule has 0 radical (unpaired) electrons. The highest BCUT2D eigenvalue weighted by Crippen LogP contribution is 2.04. The summed E-state index contributed by atoms with van der Waals surface area (Å²) < 4.78 is 22.1. The van der Waals surface area contributed by atoms with Crippen molar-refractivity contribution in [3.05, 3.63) is 48.0 Å². The van der Waals surface area contributed by atoms with Crippen molar-refractivity contribution in [3.63, 3.8) is 0 Å². The molecule has 4 nitrogen and oxygen atoms in total. The van der Waals surface area contributed by atoms with E-state index in [2.05, 4.69) is 18.7 Å². The number of benzene rings is 1. The number of unbranched alkanes of at least 4 members (excludes halogenated alkanes) is 3. The zero-order valence-electron chi connectivity index (χ0n) is 16.4. The molecule has 0 N–H and O–H groups in total. The van der Waals surface area contributed by atoms with Gasteiger partial charge in [0.25, 0.3) is 0 Å². The highest BCUT2D eigenvalue weighted by atomic mass is 16.5. The molecule has 0 aliphatic carbocycles. The minimum atomic E-state index is 0.628. The number of hydrogen-bond acceptors (Lipinski definition) is 4. The summed E-state index contributed by atoms with van der Waals surface area (Å²) in [6, 6.07) is 10.3. The van der Waals surface area contributed by atoms with Crippen LogP contribution in [0.5, 0.6) is 0 Å². The second-order valence-electron chi connectivity index (χ2n) is 6.50. The van der Waals surface area contributed by atoms with Gasteiger partial charge in [-0.25, -0.2) is 0 Å². The van der Waals surface area contributed by atoms with Gasteiger partial charge >= 0.3 is 0 Å². The monoisotopic (exact) mass is 364 g/mol. The Labute approximate surface area is 159 Å². The zero-order chi connectivity index (χ0) is 18.7. The van der Waals surface area contributed by atoms with Gasteiger partial charge < -0.3 is 18.9 Å². The van der Waals surface area contributed by atoms with Crippen LogP contribution in [0.25, 0.3) is 0 Å². The third-order valence-electron chi connectivity index (χ3n) is 3.86. The predicted octanol–water partition coefficient (Wildman–Crippen LogP) is 4.78. The van der Waals surface area contributed by atoms with Gasteiger partial charge in [0.2, 0.25) is 0 Å². The Balaban J connectivity index is 1.70. The molecular formula is C22H36O4. The number of rotatable bonds is 18. The first kappa shape index (κ1) is 22.8. The third-order valence-corrected chi connectivity index (χ3v) is 3.86. The SMILES string of the molecule is C=C(C)CCOCCOCCOCCCCCCOCc1ccccc1. The third kappa shape index (κ3) is 15.1. The molecule has 0 heterocycles. The van der Waals surface area contributed by atoms with Gasteiger partial charge in [-0.05, 0) is 31.7 Å². The maximum absolute atomic E-state index is 5.68. The topological polar surface area (TPSA) is 36.9 Å². The van der Waals surface area contributed by atoms with Gasteiger partial charge in [-0.2, -0.15) is 0 Å². The van der Waals surface area contributed by atoms with Crippen LogP contribution in [0, 0.1) is 0 Å². The van der Waals surface area contributed by atoms with E-state index in [-0.39, 0.29) is 0 Å². The molecular weight excluding hydrogens is 328 g/mol. The first-order valence-electron chi connectivity index (χ1n) is 9.78. The smallest absolute Gasteiger partial charge is 0.0716 e. The molecule has 1 aromatic carbocycles. The van der Waals surface area contributed by atoms with E-state index >= 15 is 0 Å². The van der Waals surface area contributed by atoms with Gasteiger partial charge in [0.15, 0.2) is 0 Å². The lowest BCUT2D eigenvalue weighted by molar-refractivity contribution is 0.0143. The lowest BCUT2D eigenvalue weighted by Gasteiger charge is -2.07. The fraction of sp³-hybridized carbons (Fsp3) is 0.636. The van der Waals surface area contributed by atoms with E-state index in [1.54, 1.807) is 0 Å². The van der Waals surface area contributed by atoms with Crippen LogP contribution in [0.4, 0.5) is 0 Å². The van der Waals surface area contributed by atoms with Crippen LogP contribution in [-0.2, 0) is 25.6 Å². The van der Waals surface area contributed by atoms with Gasteiger partial charge in [0.05, 0.1) is 39.6 Å². The Morgan fingerprint density at radius 2 is 1.23 bits per heavy atom. The molecule has 0 saturated carbocycles. The molecule has 148 valence electrons. The zero-order valence-corrected chi connectivity index (χ0v) is 16.4. The van der Waals surface area contributed by atoms with Crippen molar-refractivity contribution in [1.82, 2.24) is 0 Å². The Bertz CT molecular complexity index is 433. The summed E-state index contributed by atoms with van der Waals surface area (Å²) in [5, 5.41) is 0. The van der Waals surface area contributed by atoms with Crippen LogP contribution in [-0.4, -0.2) is 46.2 Å². The molecule has 0 aliphatic rings. The Hall–Kier alpha value is -1.20. The second-order valence-corrected chi connectivity index (χ2v) is 6.50. The Morgan fingerprint density at radius 3 is 1.85 bits per heavy atom.